The highest BCUT2D eigenvalue weighted by Gasteiger charge is 2.36. The quantitative estimate of drug-likeness (QED) is 0.855. The third-order valence-electron chi connectivity index (χ3n) is 5.52. The van der Waals surface area contributed by atoms with E-state index in [1.54, 1.807) is 0 Å². The minimum absolute atomic E-state index is 0.106. The summed E-state index contributed by atoms with van der Waals surface area (Å²) < 4.78 is 5.32. The minimum atomic E-state index is -0.113. The van der Waals surface area contributed by atoms with Crippen LogP contribution in [0, 0.1) is 11.8 Å². The van der Waals surface area contributed by atoms with Crippen molar-refractivity contribution < 1.29 is 14.3 Å². The van der Waals surface area contributed by atoms with Gasteiger partial charge in [-0.2, -0.15) is 0 Å². The number of nitrogens with one attached hydrogen (secondary N) is 1. The smallest absolute Gasteiger partial charge is 0.227 e. The molecule has 0 bridgehead atoms. The number of amides is 2. The van der Waals surface area contributed by atoms with Crippen LogP contribution < -0.4 is 5.32 Å². The van der Waals surface area contributed by atoms with Gasteiger partial charge in [-0.05, 0) is 17.5 Å². The van der Waals surface area contributed by atoms with Crippen molar-refractivity contribution in [1.29, 1.82) is 0 Å². The van der Waals surface area contributed by atoms with Crippen LogP contribution in [0.5, 0.6) is 0 Å². The Kier molecular flexibility index (Phi) is 4.72. The van der Waals surface area contributed by atoms with Crippen LogP contribution in [0.1, 0.15) is 17.5 Å². The van der Waals surface area contributed by atoms with E-state index >= 15 is 0 Å². The predicted molar refractivity (Wildman–Crippen MR) is 92.6 cm³/mol. The van der Waals surface area contributed by atoms with Crippen LogP contribution in [0.25, 0.3) is 0 Å². The molecule has 2 fully saturated rings. The lowest BCUT2D eigenvalue weighted by Gasteiger charge is -2.35. The minimum Gasteiger partial charge on any atom is -0.378 e. The van der Waals surface area contributed by atoms with Crippen molar-refractivity contribution in [3.05, 3.63) is 35.4 Å². The number of morpholine rings is 1. The number of benzene rings is 1. The molecular weight excluding hydrogens is 318 g/mol. The molecule has 1 N–H and O–H groups in total. The van der Waals surface area contributed by atoms with Crippen molar-refractivity contribution >= 4 is 11.8 Å². The fraction of sp³-hybridized carbons (Fsp3) is 0.579. The van der Waals surface area contributed by atoms with Gasteiger partial charge in [0.05, 0.1) is 25.0 Å². The third-order valence-corrected chi connectivity index (χ3v) is 5.52. The van der Waals surface area contributed by atoms with E-state index in [2.05, 4.69) is 17.4 Å². The molecule has 0 spiro atoms. The van der Waals surface area contributed by atoms with Gasteiger partial charge in [-0.15, -0.1) is 0 Å². The van der Waals surface area contributed by atoms with Gasteiger partial charge in [0.15, 0.2) is 0 Å². The van der Waals surface area contributed by atoms with Crippen LogP contribution in [0.2, 0.25) is 0 Å². The molecule has 3 aliphatic heterocycles. The standard InChI is InChI=1S/C19H25N3O3/c23-18(21-5-7-25-8-6-21)16-9-17(11-20-10-16)19(24)22-12-14-3-1-2-4-15(14)13-22/h1-4,16-17,20H,5-13H2/t16-,17-/m1/s1. The van der Waals surface area contributed by atoms with E-state index in [-0.39, 0.29) is 23.7 Å². The molecule has 4 rings (SSSR count). The fourth-order valence-electron chi connectivity index (χ4n) is 4.11. The van der Waals surface area contributed by atoms with Crippen molar-refractivity contribution in [2.45, 2.75) is 19.5 Å². The van der Waals surface area contributed by atoms with Crippen LogP contribution in [0.15, 0.2) is 24.3 Å². The lowest BCUT2D eigenvalue weighted by molar-refractivity contribution is -0.143. The Balaban J connectivity index is 1.38. The molecule has 0 aromatic heterocycles. The first-order chi connectivity index (χ1) is 12.2. The number of carbonyl (C=O) groups is 2. The maximum atomic E-state index is 13.0. The number of ether oxygens (including phenoxy) is 1. The molecular formula is C19H25N3O3. The number of rotatable bonds is 2. The largest absolute Gasteiger partial charge is 0.378 e. The van der Waals surface area contributed by atoms with Crippen LogP contribution in [0.4, 0.5) is 0 Å². The van der Waals surface area contributed by atoms with Crippen LogP contribution >= 0.6 is 0 Å². The van der Waals surface area contributed by atoms with Gasteiger partial charge in [0.2, 0.25) is 11.8 Å². The highest BCUT2D eigenvalue weighted by molar-refractivity contribution is 5.83. The SMILES string of the molecule is O=C([C@H]1CNC[C@H](C(=O)N2Cc3ccccc3C2)C1)N1CCOCC1. The highest BCUT2D eigenvalue weighted by atomic mass is 16.5. The van der Waals surface area contributed by atoms with Gasteiger partial charge in [0.1, 0.15) is 0 Å². The van der Waals surface area contributed by atoms with Crippen molar-refractivity contribution in [3.8, 4) is 0 Å². The average Bonchev–Trinajstić information content (AvgIpc) is 3.12. The normalized spacial score (nSPS) is 26.4. The topological polar surface area (TPSA) is 61.9 Å². The molecule has 0 radical (unpaired) electrons. The Hall–Kier alpha value is -1.92. The summed E-state index contributed by atoms with van der Waals surface area (Å²) in [6.07, 6.45) is 0.648. The van der Waals surface area contributed by atoms with E-state index in [9.17, 15) is 9.59 Å². The Morgan fingerprint density at radius 1 is 0.920 bits per heavy atom. The molecule has 0 saturated carbocycles. The Labute approximate surface area is 148 Å². The first-order valence-corrected chi connectivity index (χ1v) is 9.15. The van der Waals surface area contributed by atoms with E-state index in [0.29, 0.717) is 58.9 Å². The van der Waals surface area contributed by atoms with Gasteiger partial charge in [0.25, 0.3) is 0 Å². The first kappa shape index (κ1) is 16.5. The fourth-order valence-corrected chi connectivity index (χ4v) is 4.11. The molecule has 0 unspecified atom stereocenters. The van der Waals surface area contributed by atoms with E-state index in [0.717, 1.165) is 0 Å². The zero-order valence-electron chi connectivity index (χ0n) is 14.4. The van der Waals surface area contributed by atoms with Gasteiger partial charge >= 0.3 is 0 Å². The predicted octanol–water partition coefficient (Wildman–Crippen LogP) is 0.613. The summed E-state index contributed by atoms with van der Waals surface area (Å²) in [6.45, 7) is 5.26. The molecule has 1 aromatic rings. The summed E-state index contributed by atoms with van der Waals surface area (Å²) in [5, 5.41) is 3.30. The van der Waals surface area contributed by atoms with Crippen molar-refractivity contribution in [3.63, 3.8) is 0 Å². The second kappa shape index (κ2) is 7.14. The summed E-state index contributed by atoms with van der Waals surface area (Å²) in [5.74, 6) is 0.116. The van der Waals surface area contributed by atoms with Gasteiger partial charge in [-0.1, -0.05) is 24.3 Å². The number of hydrogen-bond donors (Lipinski definition) is 1. The number of hydrogen-bond acceptors (Lipinski definition) is 4. The highest BCUT2D eigenvalue weighted by Crippen LogP contribution is 2.27. The summed E-state index contributed by atoms with van der Waals surface area (Å²) >= 11 is 0. The van der Waals surface area contributed by atoms with E-state index in [1.807, 2.05) is 21.9 Å². The number of fused-ring (bicyclic) bond motifs is 1. The molecule has 134 valence electrons. The average molecular weight is 343 g/mol. The van der Waals surface area contributed by atoms with Gasteiger partial charge in [-0.3, -0.25) is 9.59 Å². The molecule has 25 heavy (non-hydrogen) atoms. The van der Waals surface area contributed by atoms with E-state index in [4.69, 9.17) is 4.74 Å². The molecule has 6 heteroatoms. The van der Waals surface area contributed by atoms with Crippen molar-refractivity contribution in [1.82, 2.24) is 15.1 Å². The summed E-state index contributed by atoms with van der Waals surface area (Å²) in [7, 11) is 0. The van der Waals surface area contributed by atoms with Crippen molar-refractivity contribution in [2.24, 2.45) is 11.8 Å². The second-order valence-corrected chi connectivity index (χ2v) is 7.19. The molecule has 6 nitrogen and oxygen atoms in total. The second-order valence-electron chi connectivity index (χ2n) is 7.19. The molecule has 0 aliphatic carbocycles. The van der Waals surface area contributed by atoms with Crippen LogP contribution in [-0.4, -0.2) is 61.0 Å². The van der Waals surface area contributed by atoms with Gasteiger partial charge in [0, 0.05) is 39.3 Å². The Morgan fingerprint density at radius 2 is 1.48 bits per heavy atom. The third kappa shape index (κ3) is 3.41. The van der Waals surface area contributed by atoms with Crippen LogP contribution in [-0.2, 0) is 27.4 Å². The lowest BCUT2D eigenvalue weighted by Crippen LogP contribution is -2.51. The maximum absolute atomic E-state index is 13.0. The molecule has 3 heterocycles. The molecule has 1 aromatic carbocycles. The zero-order chi connectivity index (χ0) is 17.2. The Morgan fingerprint density at radius 3 is 2.08 bits per heavy atom. The van der Waals surface area contributed by atoms with Gasteiger partial charge < -0.3 is 19.9 Å². The van der Waals surface area contributed by atoms with Crippen molar-refractivity contribution in [2.75, 3.05) is 39.4 Å². The van der Waals surface area contributed by atoms with Gasteiger partial charge in [-0.25, -0.2) is 0 Å². The lowest BCUT2D eigenvalue weighted by atomic mass is 9.88. The Bertz CT molecular complexity index is 632. The molecule has 2 saturated heterocycles. The van der Waals surface area contributed by atoms with E-state index < -0.39 is 0 Å². The number of carbonyl (C=O) groups excluding carboxylic acids is 2. The molecule has 2 amide bonds. The molecule has 3 aliphatic rings. The van der Waals surface area contributed by atoms with Crippen LogP contribution in [0.3, 0.4) is 0 Å². The zero-order valence-corrected chi connectivity index (χ0v) is 14.4. The monoisotopic (exact) mass is 343 g/mol. The first-order valence-electron chi connectivity index (χ1n) is 9.15. The summed E-state index contributed by atoms with van der Waals surface area (Å²) in [4.78, 5) is 29.5. The summed E-state index contributed by atoms with van der Waals surface area (Å²) in [6, 6.07) is 8.22. The summed E-state index contributed by atoms with van der Waals surface area (Å²) in [5.41, 5.74) is 2.47. The molecule has 2 atom stereocenters. The number of piperidine rings is 1. The number of nitrogens with zero attached hydrogens (tertiary/aromatic N) is 2. The van der Waals surface area contributed by atoms with E-state index in [1.165, 1.54) is 11.1 Å². The maximum Gasteiger partial charge on any atom is 0.227 e.